The van der Waals surface area contributed by atoms with Gasteiger partial charge in [0.25, 0.3) is 0 Å². The van der Waals surface area contributed by atoms with Crippen LogP contribution in [-0.2, 0) is 4.74 Å². The lowest BCUT2D eigenvalue weighted by Crippen LogP contribution is -2.25. The first-order valence-corrected chi connectivity index (χ1v) is 6.31. The van der Waals surface area contributed by atoms with Crippen LogP contribution in [0, 0.1) is 11.3 Å². The smallest absolute Gasteiger partial charge is 0.0576 e. The summed E-state index contributed by atoms with van der Waals surface area (Å²) in [6.07, 6.45) is 12.0. The van der Waals surface area contributed by atoms with Crippen molar-refractivity contribution in [3.05, 3.63) is 0 Å². The van der Waals surface area contributed by atoms with Gasteiger partial charge in [-0.1, -0.05) is 13.3 Å². The standard InChI is InChI=1S/C13H24O/c1-3-11-4-7-13(8-5-11)9-6-12(10-13)14-2/h11-12H,3-10H2,1-2H3. The Morgan fingerprint density at radius 2 is 1.79 bits per heavy atom. The first-order chi connectivity index (χ1) is 6.78. The first kappa shape index (κ1) is 10.5. The van der Waals surface area contributed by atoms with Crippen molar-refractivity contribution in [2.75, 3.05) is 7.11 Å². The minimum Gasteiger partial charge on any atom is -0.381 e. The zero-order chi connectivity index (χ0) is 10.0. The second-order valence-electron chi connectivity index (χ2n) is 5.45. The number of methoxy groups -OCH3 is 1. The lowest BCUT2D eigenvalue weighted by Gasteiger charge is -2.37. The summed E-state index contributed by atoms with van der Waals surface area (Å²) < 4.78 is 5.49. The molecule has 0 aromatic rings. The minimum absolute atomic E-state index is 0.577. The number of rotatable bonds is 2. The highest BCUT2D eigenvalue weighted by atomic mass is 16.5. The summed E-state index contributed by atoms with van der Waals surface area (Å²) in [6, 6.07) is 0. The van der Waals surface area contributed by atoms with E-state index in [0.29, 0.717) is 11.5 Å². The number of hydrogen-bond acceptors (Lipinski definition) is 1. The Morgan fingerprint density at radius 3 is 2.29 bits per heavy atom. The number of ether oxygens (including phenoxy) is 1. The van der Waals surface area contributed by atoms with Gasteiger partial charge in [-0.05, 0) is 56.3 Å². The Balaban J connectivity index is 1.87. The van der Waals surface area contributed by atoms with Crippen LogP contribution in [0.15, 0.2) is 0 Å². The number of hydrogen-bond donors (Lipinski definition) is 0. The van der Waals surface area contributed by atoms with Gasteiger partial charge >= 0.3 is 0 Å². The van der Waals surface area contributed by atoms with Crippen molar-refractivity contribution in [3.8, 4) is 0 Å². The molecule has 0 amide bonds. The molecule has 1 heteroatoms. The third-order valence-corrected chi connectivity index (χ3v) is 4.73. The summed E-state index contributed by atoms with van der Waals surface area (Å²) in [5, 5.41) is 0. The van der Waals surface area contributed by atoms with Gasteiger partial charge in [-0.2, -0.15) is 0 Å². The quantitative estimate of drug-likeness (QED) is 0.653. The van der Waals surface area contributed by atoms with Gasteiger partial charge < -0.3 is 4.74 Å². The molecule has 0 bridgehead atoms. The molecule has 0 aromatic heterocycles. The summed E-state index contributed by atoms with van der Waals surface area (Å²) in [4.78, 5) is 0. The van der Waals surface area contributed by atoms with Crippen LogP contribution in [0.2, 0.25) is 0 Å². The molecule has 2 saturated carbocycles. The van der Waals surface area contributed by atoms with Crippen molar-refractivity contribution in [2.45, 2.75) is 64.4 Å². The normalized spacial score (nSPS) is 43.3. The highest BCUT2D eigenvalue weighted by molar-refractivity contribution is 4.92. The van der Waals surface area contributed by atoms with Gasteiger partial charge in [-0.15, -0.1) is 0 Å². The van der Waals surface area contributed by atoms with Crippen molar-refractivity contribution in [2.24, 2.45) is 11.3 Å². The predicted molar refractivity (Wildman–Crippen MR) is 59.3 cm³/mol. The van der Waals surface area contributed by atoms with E-state index in [9.17, 15) is 0 Å². The molecule has 0 radical (unpaired) electrons. The van der Waals surface area contributed by atoms with Crippen molar-refractivity contribution in [1.82, 2.24) is 0 Å². The van der Waals surface area contributed by atoms with Crippen LogP contribution in [-0.4, -0.2) is 13.2 Å². The summed E-state index contributed by atoms with van der Waals surface area (Å²) in [5.74, 6) is 1.03. The SMILES string of the molecule is CCC1CCC2(CC1)CCC(OC)C2. The predicted octanol–water partition coefficient (Wildman–Crippen LogP) is 3.77. The fourth-order valence-corrected chi connectivity index (χ4v) is 3.51. The maximum absolute atomic E-state index is 5.49. The van der Waals surface area contributed by atoms with Gasteiger partial charge in [-0.25, -0.2) is 0 Å². The van der Waals surface area contributed by atoms with Crippen LogP contribution >= 0.6 is 0 Å². The molecule has 0 heterocycles. The Morgan fingerprint density at radius 1 is 1.14 bits per heavy atom. The fraction of sp³-hybridized carbons (Fsp3) is 1.00. The molecule has 2 fully saturated rings. The van der Waals surface area contributed by atoms with Crippen LogP contribution in [0.1, 0.15) is 58.3 Å². The molecule has 0 aromatic carbocycles. The average Bonchev–Trinajstić information content (AvgIpc) is 2.63. The fourth-order valence-electron chi connectivity index (χ4n) is 3.51. The van der Waals surface area contributed by atoms with E-state index in [1.165, 1.54) is 51.4 Å². The third kappa shape index (κ3) is 1.98. The van der Waals surface area contributed by atoms with Crippen molar-refractivity contribution >= 4 is 0 Å². The molecule has 2 rings (SSSR count). The minimum atomic E-state index is 0.577. The van der Waals surface area contributed by atoms with Crippen molar-refractivity contribution in [1.29, 1.82) is 0 Å². The Kier molecular flexibility index (Phi) is 3.16. The largest absolute Gasteiger partial charge is 0.381 e. The van der Waals surface area contributed by atoms with Gasteiger partial charge in [0, 0.05) is 7.11 Å². The van der Waals surface area contributed by atoms with E-state index in [0.717, 1.165) is 5.92 Å². The monoisotopic (exact) mass is 196 g/mol. The summed E-state index contributed by atoms with van der Waals surface area (Å²) in [5.41, 5.74) is 0.701. The van der Waals surface area contributed by atoms with Crippen LogP contribution in [0.25, 0.3) is 0 Å². The zero-order valence-electron chi connectivity index (χ0n) is 9.72. The Bertz CT molecular complexity index is 180. The topological polar surface area (TPSA) is 9.23 Å². The molecule has 2 aliphatic rings. The third-order valence-electron chi connectivity index (χ3n) is 4.73. The molecule has 0 N–H and O–H groups in total. The van der Waals surface area contributed by atoms with Gasteiger partial charge in [-0.3, -0.25) is 0 Å². The second-order valence-corrected chi connectivity index (χ2v) is 5.45. The summed E-state index contributed by atoms with van der Waals surface area (Å²) in [7, 11) is 1.88. The van der Waals surface area contributed by atoms with E-state index in [2.05, 4.69) is 6.92 Å². The van der Waals surface area contributed by atoms with E-state index in [1.54, 1.807) is 0 Å². The van der Waals surface area contributed by atoms with Crippen molar-refractivity contribution in [3.63, 3.8) is 0 Å². The highest BCUT2D eigenvalue weighted by Gasteiger charge is 2.41. The summed E-state index contributed by atoms with van der Waals surface area (Å²) in [6.45, 7) is 2.34. The van der Waals surface area contributed by atoms with E-state index < -0.39 is 0 Å². The summed E-state index contributed by atoms with van der Waals surface area (Å²) >= 11 is 0. The van der Waals surface area contributed by atoms with E-state index in [4.69, 9.17) is 4.74 Å². The highest BCUT2D eigenvalue weighted by Crippen LogP contribution is 2.51. The van der Waals surface area contributed by atoms with E-state index in [1.807, 2.05) is 7.11 Å². The van der Waals surface area contributed by atoms with Crippen LogP contribution in [0.3, 0.4) is 0 Å². The molecule has 14 heavy (non-hydrogen) atoms. The van der Waals surface area contributed by atoms with Gasteiger partial charge in [0.15, 0.2) is 0 Å². The van der Waals surface area contributed by atoms with Gasteiger partial charge in [0.05, 0.1) is 6.10 Å². The van der Waals surface area contributed by atoms with E-state index in [-0.39, 0.29) is 0 Å². The van der Waals surface area contributed by atoms with Gasteiger partial charge in [0.1, 0.15) is 0 Å². The van der Waals surface area contributed by atoms with Crippen LogP contribution < -0.4 is 0 Å². The average molecular weight is 196 g/mol. The molecule has 82 valence electrons. The molecule has 0 saturated heterocycles. The Hall–Kier alpha value is -0.0400. The van der Waals surface area contributed by atoms with E-state index >= 15 is 0 Å². The maximum Gasteiger partial charge on any atom is 0.0576 e. The lowest BCUT2D eigenvalue weighted by atomic mass is 9.69. The first-order valence-electron chi connectivity index (χ1n) is 6.31. The Labute approximate surface area is 88.2 Å². The molecular formula is C13H24O. The lowest BCUT2D eigenvalue weighted by molar-refractivity contribution is 0.0786. The molecule has 2 aliphatic carbocycles. The molecule has 1 nitrogen and oxygen atoms in total. The van der Waals surface area contributed by atoms with Crippen molar-refractivity contribution < 1.29 is 4.74 Å². The molecule has 1 unspecified atom stereocenters. The second kappa shape index (κ2) is 4.22. The van der Waals surface area contributed by atoms with Crippen LogP contribution in [0.4, 0.5) is 0 Å². The van der Waals surface area contributed by atoms with Gasteiger partial charge in [0.2, 0.25) is 0 Å². The molecular weight excluding hydrogens is 172 g/mol. The van der Waals surface area contributed by atoms with Crippen LogP contribution in [0.5, 0.6) is 0 Å². The molecule has 1 spiro atoms. The maximum atomic E-state index is 5.49. The zero-order valence-corrected chi connectivity index (χ0v) is 9.72. The molecule has 1 atom stereocenters. The molecule has 0 aliphatic heterocycles.